The molecular weight excluding hydrogens is 327 g/mol. The summed E-state index contributed by atoms with van der Waals surface area (Å²) < 4.78 is 38.4. The van der Waals surface area contributed by atoms with Crippen molar-refractivity contribution in [1.82, 2.24) is 4.98 Å². The average molecular weight is 355 g/mol. The maximum Gasteiger partial charge on any atom is 0.391 e. The van der Waals surface area contributed by atoms with Crippen molar-refractivity contribution in [3.63, 3.8) is 0 Å². The summed E-state index contributed by atoms with van der Waals surface area (Å²) >= 11 is 0. The Bertz CT molecular complexity index is 560. The van der Waals surface area contributed by atoms with E-state index in [2.05, 4.69) is 10.3 Å². The van der Waals surface area contributed by atoms with Gasteiger partial charge in [-0.15, -0.1) is 0 Å². The molecule has 0 spiro atoms. The third-order valence-electron chi connectivity index (χ3n) is 5.66. The van der Waals surface area contributed by atoms with Gasteiger partial charge in [0.05, 0.1) is 17.3 Å². The number of alkyl halides is 3. The van der Waals surface area contributed by atoms with Crippen molar-refractivity contribution < 1.29 is 13.2 Å². The molecule has 1 saturated heterocycles. The summed E-state index contributed by atoms with van der Waals surface area (Å²) in [5.74, 6) is 0.372. The molecule has 2 aliphatic rings. The molecule has 0 radical (unpaired) electrons. The van der Waals surface area contributed by atoms with Crippen molar-refractivity contribution in [2.24, 2.45) is 11.8 Å². The molecule has 140 valence electrons. The molecule has 0 amide bonds. The number of pyridine rings is 1. The Labute approximate surface area is 148 Å². The molecule has 1 aromatic rings. The van der Waals surface area contributed by atoms with Gasteiger partial charge in [0.1, 0.15) is 5.82 Å². The third-order valence-corrected chi connectivity index (χ3v) is 5.66. The molecule has 3 nitrogen and oxygen atoms in total. The van der Waals surface area contributed by atoms with Crippen LogP contribution in [0.4, 0.5) is 24.7 Å². The lowest BCUT2D eigenvalue weighted by Gasteiger charge is -2.34. The third kappa shape index (κ3) is 4.79. The zero-order chi connectivity index (χ0) is 17.9. The van der Waals surface area contributed by atoms with Gasteiger partial charge in [0.25, 0.3) is 0 Å². The maximum absolute atomic E-state index is 12.8. The second kappa shape index (κ2) is 7.83. The first-order valence-electron chi connectivity index (χ1n) is 9.46. The lowest BCUT2D eigenvalue weighted by molar-refractivity contribution is -0.179. The van der Waals surface area contributed by atoms with Crippen LogP contribution in [0.3, 0.4) is 0 Å². The van der Waals surface area contributed by atoms with Crippen LogP contribution in [0.25, 0.3) is 0 Å². The van der Waals surface area contributed by atoms with Crippen LogP contribution in [-0.2, 0) is 0 Å². The van der Waals surface area contributed by atoms with Gasteiger partial charge in [-0.05, 0) is 50.7 Å². The van der Waals surface area contributed by atoms with Crippen LogP contribution in [0.2, 0.25) is 0 Å². The normalized spacial score (nSPS) is 20.7. The van der Waals surface area contributed by atoms with Crippen LogP contribution in [0.5, 0.6) is 0 Å². The van der Waals surface area contributed by atoms with Gasteiger partial charge in [-0.2, -0.15) is 13.2 Å². The number of aromatic nitrogens is 1. The van der Waals surface area contributed by atoms with E-state index >= 15 is 0 Å². The highest BCUT2D eigenvalue weighted by Gasteiger charge is 2.41. The fourth-order valence-electron chi connectivity index (χ4n) is 3.99. The smallest absolute Gasteiger partial charge is 0.383 e. The van der Waals surface area contributed by atoms with Crippen LogP contribution in [-0.4, -0.2) is 30.8 Å². The summed E-state index contributed by atoms with van der Waals surface area (Å²) in [4.78, 5) is 6.60. The first-order chi connectivity index (χ1) is 11.9. The first-order valence-corrected chi connectivity index (χ1v) is 9.46. The number of aryl methyl sites for hydroxylation is 1. The summed E-state index contributed by atoms with van der Waals surface area (Å²) in [6, 6.07) is 3.96. The average Bonchev–Trinajstić information content (AvgIpc) is 2.61. The van der Waals surface area contributed by atoms with Crippen molar-refractivity contribution in [1.29, 1.82) is 0 Å². The van der Waals surface area contributed by atoms with Crippen molar-refractivity contribution in [3.8, 4) is 0 Å². The molecule has 1 saturated carbocycles. The molecule has 2 heterocycles. The van der Waals surface area contributed by atoms with Crippen molar-refractivity contribution in [2.75, 3.05) is 29.9 Å². The Morgan fingerprint density at radius 3 is 2.36 bits per heavy atom. The largest absolute Gasteiger partial charge is 0.391 e. The lowest BCUT2D eigenvalue weighted by atomic mass is 9.89. The van der Waals surface area contributed by atoms with E-state index in [1.807, 2.05) is 24.0 Å². The highest BCUT2D eigenvalue weighted by Crippen LogP contribution is 2.35. The molecule has 1 aliphatic carbocycles. The topological polar surface area (TPSA) is 28.2 Å². The van der Waals surface area contributed by atoms with Gasteiger partial charge in [0.15, 0.2) is 0 Å². The number of hydrogen-bond donors (Lipinski definition) is 1. The lowest BCUT2D eigenvalue weighted by Crippen LogP contribution is -2.39. The number of hydrogen-bond acceptors (Lipinski definition) is 3. The Kier molecular flexibility index (Phi) is 5.74. The molecule has 0 bridgehead atoms. The van der Waals surface area contributed by atoms with Crippen molar-refractivity contribution >= 4 is 11.5 Å². The Morgan fingerprint density at radius 1 is 1.08 bits per heavy atom. The minimum absolute atomic E-state index is 0.159. The van der Waals surface area contributed by atoms with Gasteiger partial charge < -0.3 is 10.2 Å². The number of nitrogens with zero attached hydrogens (tertiary/aromatic N) is 2. The highest BCUT2D eigenvalue weighted by molar-refractivity contribution is 5.53. The standard InChI is InChI=1S/C19H28F3N3/c1-14-17(23-13-15-5-3-2-4-6-15)7-8-18(24-14)25-11-9-16(10-12-25)19(20,21)22/h7-8,15-16,23H,2-6,9-13H2,1H3. The molecule has 1 aromatic heterocycles. The summed E-state index contributed by atoms with van der Waals surface area (Å²) in [5, 5.41) is 3.51. The second-order valence-electron chi connectivity index (χ2n) is 7.49. The summed E-state index contributed by atoms with van der Waals surface area (Å²) in [6.07, 6.45) is 2.86. The summed E-state index contributed by atoms with van der Waals surface area (Å²) in [5.41, 5.74) is 1.96. The van der Waals surface area contributed by atoms with Crippen molar-refractivity contribution in [3.05, 3.63) is 17.8 Å². The molecule has 0 unspecified atom stereocenters. The van der Waals surface area contributed by atoms with Crippen LogP contribution in [0.15, 0.2) is 12.1 Å². The highest BCUT2D eigenvalue weighted by atomic mass is 19.4. The quantitative estimate of drug-likeness (QED) is 0.808. The van der Waals surface area contributed by atoms with Crippen LogP contribution < -0.4 is 10.2 Å². The molecule has 0 aromatic carbocycles. The van der Waals surface area contributed by atoms with Crippen LogP contribution >= 0.6 is 0 Å². The maximum atomic E-state index is 12.8. The van der Waals surface area contributed by atoms with Crippen LogP contribution in [0.1, 0.15) is 50.6 Å². The fourth-order valence-corrected chi connectivity index (χ4v) is 3.99. The Hall–Kier alpha value is -1.46. The van der Waals surface area contributed by atoms with Crippen molar-refractivity contribution in [2.45, 2.75) is 58.0 Å². The van der Waals surface area contributed by atoms with Gasteiger partial charge in [0.2, 0.25) is 0 Å². The van der Waals surface area contributed by atoms with Gasteiger partial charge in [-0.3, -0.25) is 0 Å². The first kappa shape index (κ1) is 18.3. The molecule has 1 N–H and O–H groups in total. The molecule has 25 heavy (non-hydrogen) atoms. The number of halogens is 3. The monoisotopic (exact) mass is 355 g/mol. The minimum Gasteiger partial charge on any atom is -0.383 e. The molecule has 1 aliphatic heterocycles. The van der Waals surface area contributed by atoms with E-state index in [0.717, 1.165) is 29.7 Å². The van der Waals surface area contributed by atoms with Gasteiger partial charge in [-0.25, -0.2) is 4.98 Å². The zero-order valence-electron chi connectivity index (χ0n) is 14.9. The predicted octanol–water partition coefficient (Wildman–Crippen LogP) is 5.16. The Balaban J connectivity index is 1.55. The SMILES string of the molecule is Cc1nc(N2CCC(C(F)(F)F)CC2)ccc1NCC1CCCCC1. The van der Waals surface area contributed by atoms with Gasteiger partial charge >= 0.3 is 6.18 Å². The molecule has 6 heteroatoms. The van der Waals surface area contributed by atoms with E-state index in [1.165, 1.54) is 32.1 Å². The fraction of sp³-hybridized carbons (Fsp3) is 0.737. The van der Waals surface area contributed by atoms with E-state index in [9.17, 15) is 13.2 Å². The molecule has 2 fully saturated rings. The van der Waals surface area contributed by atoms with Gasteiger partial charge in [0, 0.05) is 19.6 Å². The number of piperidine rings is 1. The number of rotatable bonds is 4. The van der Waals surface area contributed by atoms with E-state index in [1.54, 1.807) is 0 Å². The summed E-state index contributed by atoms with van der Waals surface area (Å²) in [6.45, 7) is 3.80. The van der Waals surface area contributed by atoms with E-state index in [4.69, 9.17) is 0 Å². The van der Waals surface area contributed by atoms with E-state index in [0.29, 0.717) is 13.1 Å². The molecular formula is C19H28F3N3. The molecule has 0 atom stereocenters. The van der Waals surface area contributed by atoms with E-state index < -0.39 is 12.1 Å². The van der Waals surface area contributed by atoms with E-state index in [-0.39, 0.29) is 12.8 Å². The predicted molar refractivity (Wildman–Crippen MR) is 95.0 cm³/mol. The minimum atomic E-state index is -4.07. The zero-order valence-corrected chi connectivity index (χ0v) is 14.9. The number of nitrogens with one attached hydrogen (secondary N) is 1. The molecule has 3 rings (SSSR count). The van der Waals surface area contributed by atoms with Crippen LogP contribution in [0, 0.1) is 18.8 Å². The summed E-state index contributed by atoms with van der Waals surface area (Å²) in [7, 11) is 0. The Morgan fingerprint density at radius 2 is 1.76 bits per heavy atom. The second-order valence-corrected chi connectivity index (χ2v) is 7.49. The van der Waals surface area contributed by atoms with Gasteiger partial charge in [-0.1, -0.05) is 19.3 Å². The number of anilines is 2.